The molecular formula is C3H6ClNO3S. The van der Waals surface area contributed by atoms with Gasteiger partial charge in [0.1, 0.15) is 5.37 Å². The quantitative estimate of drug-likeness (QED) is 0.466. The molecule has 6 heteroatoms. The number of carbonyl (C=O) groups is 1. The van der Waals surface area contributed by atoms with Gasteiger partial charge in [-0.1, -0.05) is 0 Å². The number of nitrogens with one attached hydrogen (secondary N) is 1. The maximum absolute atomic E-state index is 10.3. The van der Waals surface area contributed by atoms with Gasteiger partial charge < -0.3 is 5.32 Å². The summed E-state index contributed by atoms with van der Waals surface area (Å²) in [4.78, 5) is 9.63. The topological polar surface area (TPSA) is 63.2 Å². The lowest BCUT2D eigenvalue weighted by Gasteiger charge is -2.02. The predicted octanol–water partition coefficient (Wildman–Crippen LogP) is -0.353. The van der Waals surface area contributed by atoms with Gasteiger partial charge in [0, 0.05) is 10.7 Å². The lowest BCUT2D eigenvalue weighted by molar-refractivity contribution is -0.109. The summed E-state index contributed by atoms with van der Waals surface area (Å²) in [6.45, 7) is 1.27. The average molecular weight is 172 g/mol. The number of rotatable bonds is 3. The van der Waals surface area contributed by atoms with E-state index in [1.54, 1.807) is 0 Å². The Labute approximate surface area is 57.6 Å². The Morgan fingerprint density at radius 1 is 1.67 bits per heavy atom. The van der Waals surface area contributed by atoms with Gasteiger partial charge in [0.05, 0.1) is 0 Å². The number of hydrogen-bond acceptors (Lipinski definition) is 3. The van der Waals surface area contributed by atoms with Gasteiger partial charge in [0.15, 0.2) is 0 Å². The van der Waals surface area contributed by atoms with E-state index in [2.05, 4.69) is 0 Å². The van der Waals surface area contributed by atoms with Gasteiger partial charge in [-0.15, -0.1) is 0 Å². The summed E-state index contributed by atoms with van der Waals surface area (Å²) in [5.41, 5.74) is 0. The van der Waals surface area contributed by atoms with Crippen LogP contribution in [0.2, 0.25) is 0 Å². The highest BCUT2D eigenvalue weighted by molar-refractivity contribution is 8.14. The molecule has 4 nitrogen and oxygen atoms in total. The zero-order chi connectivity index (χ0) is 7.49. The number of halogens is 1. The first-order valence-corrected chi connectivity index (χ1v) is 4.49. The van der Waals surface area contributed by atoms with E-state index in [1.165, 1.54) is 6.92 Å². The summed E-state index contributed by atoms with van der Waals surface area (Å²) in [6.07, 6.45) is 0.282. The SMILES string of the molecule is CC(NC=O)S(=O)(=O)Cl. The van der Waals surface area contributed by atoms with Crippen LogP contribution in [0.5, 0.6) is 0 Å². The number of hydrogen-bond donors (Lipinski definition) is 1. The zero-order valence-corrected chi connectivity index (χ0v) is 6.24. The first-order valence-electron chi connectivity index (χ1n) is 2.11. The van der Waals surface area contributed by atoms with Crippen molar-refractivity contribution in [2.45, 2.75) is 12.3 Å². The van der Waals surface area contributed by atoms with Crippen LogP contribution in [0.3, 0.4) is 0 Å². The molecule has 1 amide bonds. The fourth-order valence-corrected chi connectivity index (χ4v) is 0.549. The fourth-order valence-electron chi connectivity index (χ4n) is 0.177. The van der Waals surface area contributed by atoms with Crippen molar-refractivity contribution >= 4 is 26.1 Å². The van der Waals surface area contributed by atoms with E-state index in [1.807, 2.05) is 5.32 Å². The molecule has 0 bridgehead atoms. The Kier molecular flexibility index (Phi) is 2.93. The van der Waals surface area contributed by atoms with Crippen LogP contribution in [0, 0.1) is 0 Å². The lowest BCUT2D eigenvalue weighted by atomic mass is 10.8. The standard InChI is InChI=1S/C3H6ClNO3S/c1-3(5-2-6)9(4,7)8/h2-3H,1H3,(H,5,6). The van der Waals surface area contributed by atoms with Crippen molar-refractivity contribution in [3.8, 4) is 0 Å². The second-order valence-electron chi connectivity index (χ2n) is 1.40. The summed E-state index contributed by atoms with van der Waals surface area (Å²) < 4.78 is 20.5. The Hall–Kier alpha value is -0.290. The van der Waals surface area contributed by atoms with Gasteiger partial charge in [-0.05, 0) is 6.92 Å². The van der Waals surface area contributed by atoms with Gasteiger partial charge in [0.2, 0.25) is 6.41 Å². The summed E-state index contributed by atoms with van der Waals surface area (Å²) in [6, 6.07) is 0. The molecule has 0 fully saturated rings. The molecule has 0 rings (SSSR count). The van der Waals surface area contributed by atoms with Gasteiger partial charge in [-0.3, -0.25) is 4.79 Å². The molecule has 0 radical (unpaired) electrons. The highest BCUT2D eigenvalue weighted by atomic mass is 35.7. The third-order valence-corrected chi connectivity index (χ3v) is 2.51. The smallest absolute Gasteiger partial charge is 0.253 e. The highest BCUT2D eigenvalue weighted by Gasteiger charge is 2.14. The minimum Gasteiger partial charge on any atom is -0.341 e. The van der Waals surface area contributed by atoms with E-state index in [9.17, 15) is 13.2 Å². The molecule has 0 aromatic carbocycles. The largest absolute Gasteiger partial charge is 0.341 e. The van der Waals surface area contributed by atoms with Crippen molar-refractivity contribution in [2.75, 3.05) is 0 Å². The van der Waals surface area contributed by atoms with Crippen LogP contribution in [0.4, 0.5) is 0 Å². The normalized spacial score (nSPS) is 14.4. The number of carbonyl (C=O) groups excluding carboxylic acids is 1. The molecule has 0 aliphatic carbocycles. The van der Waals surface area contributed by atoms with Crippen molar-refractivity contribution in [1.82, 2.24) is 5.32 Å². The summed E-state index contributed by atoms with van der Waals surface area (Å²) >= 11 is 0. The molecule has 0 aromatic rings. The van der Waals surface area contributed by atoms with Crippen LogP contribution in [0.1, 0.15) is 6.92 Å². The molecule has 0 aliphatic rings. The van der Waals surface area contributed by atoms with Crippen LogP contribution >= 0.6 is 10.7 Å². The molecule has 1 atom stereocenters. The van der Waals surface area contributed by atoms with Gasteiger partial charge in [0.25, 0.3) is 9.05 Å². The molecule has 1 N–H and O–H groups in total. The zero-order valence-electron chi connectivity index (χ0n) is 4.67. The molecule has 0 aliphatic heterocycles. The second kappa shape index (κ2) is 3.03. The molecule has 9 heavy (non-hydrogen) atoms. The Bertz CT molecular complexity index is 187. The van der Waals surface area contributed by atoms with Gasteiger partial charge in [-0.2, -0.15) is 0 Å². The van der Waals surface area contributed by atoms with E-state index in [0.29, 0.717) is 0 Å². The third-order valence-electron chi connectivity index (χ3n) is 0.725. The van der Waals surface area contributed by atoms with Crippen LogP contribution in [0.25, 0.3) is 0 Å². The van der Waals surface area contributed by atoms with E-state index >= 15 is 0 Å². The average Bonchev–Trinajstić information content (AvgIpc) is 1.64. The van der Waals surface area contributed by atoms with Crippen molar-refractivity contribution in [3.05, 3.63) is 0 Å². The summed E-state index contributed by atoms with van der Waals surface area (Å²) in [7, 11) is 1.18. The lowest BCUT2D eigenvalue weighted by Crippen LogP contribution is -2.29. The Morgan fingerprint density at radius 2 is 2.11 bits per heavy atom. The van der Waals surface area contributed by atoms with Crippen molar-refractivity contribution in [1.29, 1.82) is 0 Å². The maximum atomic E-state index is 10.3. The Balaban J connectivity index is 4.05. The molecule has 54 valence electrons. The molecule has 0 saturated heterocycles. The molecular weight excluding hydrogens is 166 g/mol. The first-order chi connectivity index (χ1) is 3.98. The summed E-state index contributed by atoms with van der Waals surface area (Å²) in [5, 5.41) is 0.968. The van der Waals surface area contributed by atoms with Gasteiger partial charge in [-0.25, -0.2) is 8.42 Å². The molecule has 0 spiro atoms. The van der Waals surface area contributed by atoms with Crippen molar-refractivity contribution in [2.24, 2.45) is 0 Å². The minimum atomic E-state index is -3.64. The van der Waals surface area contributed by atoms with E-state index < -0.39 is 14.4 Å². The monoisotopic (exact) mass is 171 g/mol. The van der Waals surface area contributed by atoms with Crippen LogP contribution in [-0.4, -0.2) is 20.2 Å². The Morgan fingerprint density at radius 3 is 2.22 bits per heavy atom. The van der Waals surface area contributed by atoms with E-state index in [0.717, 1.165) is 0 Å². The fraction of sp³-hybridized carbons (Fsp3) is 0.667. The molecule has 1 unspecified atom stereocenters. The highest BCUT2D eigenvalue weighted by Crippen LogP contribution is 2.01. The predicted molar refractivity (Wildman–Crippen MR) is 33.4 cm³/mol. The van der Waals surface area contributed by atoms with Crippen molar-refractivity contribution in [3.63, 3.8) is 0 Å². The molecule has 0 heterocycles. The van der Waals surface area contributed by atoms with Gasteiger partial charge >= 0.3 is 0 Å². The van der Waals surface area contributed by atoms with Crippen molar-refractivity contribution < 1.29 is 13.2 Å². The first kappa shape index (κ1) is 8.71. The van der Waals surface area contributed by atoms with Crippen LogP contribution in [-0.2, 0) is 13.8 Å². The molecule has 0 saturated carbocycles. The number of amides is 1. The third kappa shape index (κ3) is 3.31. The van der Waals surface area contributed by atoms with E-state index in [-0.39, 0.29) is 6.41 Å². The second-order valence-corrected chi connectivity index (χ2v) is 4.35. The summed E-state index contributed by atoms with van der Waals surface area (Å²) in [5.74, 6) is 0. The van der Waals surface area contributed by atoms with Crippen LogP contribution < -0.4 is 5.32 Å². The van der Waals surface area contributed by atoms with Crippen LogP contribution in [0.15, 0.2) is 0 Å². The minimum absolute atomic E-state index is 0.282. The van der Waals surface area contributed by atoms with E-state index in [4.69, 9.17) is 10.7 Å². The maximum Gasteiger partial charge on any atom is 0.253 e. The molecule has 0 aromatic heterocycles.